The van der Waals surface area contributed by atoms with Crippen molar-refractivity contribution < 1.29 is 14.4 Å². The Morgan fingerprint density at radius 3 is 2.68 bits per heavy atom. The molecule has 2 aliphatic carbocycles. The van der Waals surface area contributed by atoms with Crippen molar-refractivity contribution in [2.45, 2.75) is 64.5 Å². The molecule has 1 N–H and O–H groups in total. The number of carbonyl (C=O) groups excluding carboxylic acids is 1. The summed E-state index contributed by atoms with van der Waals surface area (Å²) in [5.74, 6) is -0.0214. The second-order valence-electron chi connectivity index (χ2n) is 10.6. The maximum atomic E-state index is 11.8. The molecule has 2 aliphatic heterocycles. The van der Waals surface area contributed by atoms with Gasteiger partial charge in [0.2, 0.25) is 0 Å². The predicted octanol–water partition coefficient (Wildman–Crippen LogP) is 4.68. The highest BCUT2D eigenvalue weighted by Crippen LogP contribution is 2.44. The molecule has 0 spiro atoms. The van der Waals surface area contributed by atoms with Gasteiger partial charge in [-0.1, -0.05) is 48.7 Å². The summed E-state index contributed by atoms with van der Waals surface area (Å²) in [6.45, 7) is 10.7. The number of benzene rings is 1. The monoisotopic (exact) mass is 506 g/mol. The van der Waals surface area contributed by atoms with E-state index in [0.29, 0.717) is 5.56 Å². The molecule has 0 aromatic heterocycles. The van der Waals surface area contributed by atoms with E-state index in [1.165, 1.54) is 37.7 Å². The number of nitrogens with zero attached hydrogens (tertiary/aromatic N) is 3. The number of hydrogen-bond donors (Lipinski definition) is 1. The topological polar surface area (TPSA) is 66.4 Å². The smallest absolute Gasteiger partial charge is 0.165 e. The summed E-state index contributed by atoms with van der Waals surface area (Å²) < 4.78 is 5.54. The SMILES string of the molecule is CCOCCCNC1=C(C)C2C(=NOC2c2ccccc2C=O)C(N2CCN(C3CCCCC3)CC2)=C1. The second kappa shape index (κ2) is 12.3. The first-order valence-electron chi connectivity index (χ1n) is 14.2. The fraction of sp³-hybridized carbons (Fsp3) is 0.600. The summed E-state index contributed by atoms with van der Waals surface area (Å²) in [5, 5.41) is 8.34. The van der Waals surface area contributed by atoms with Gasteiger partial charge in [-0.3, -0.25) is 9.69 Å². The lowest BCUT2D eigenvalue weighted by atomic mass is 9.79. The van der Waals surface area contributed by atoms with Crippen LogP contribution in [-0.2, 0) is 9.57 Å². The molecule has 7 heteroatoms. The van der Waals surface area contributed by atoms with Crippen LogP contribution in [0.3, 0.4) is 0 Å². The van der Waals surface area contributed by atoms with Gasteiger partial charge in [0, 0.05) is 68.8 Å². The minimum Gasteiger partial charge on any atom is -0.386 e. The molecular weight excluding hydrogens is 464 g/mol. The first-order chi connectivity index (χ1) is 18.2. The zero-order valence-electron chi connectivity index (χ0n) is 22.5. The summed E-state index contributed by atoms with van der Waals surface area (Å²) in [5.41, 5.74) is 6.08. The van der Waals surface area contributed by atoms with Crippen LogP contribution in [0.2, 0.25) is 0 Å². The first-order valence-corrected chi connectivity index (χ1v) is 14.2. The molecule has 5 rings (SSSR count). The average molecular weight is 507 g/mol. The standard InChI is InChI=1S/C30H42N4O3/c1-3-36-19-9-14-31-26-20-27(34-17-15-33(16-18-34)24-11-5-4-6-12-24)29-28(22(26)2)30(37-32-29)25-13-8-7-10-23(25)21-35/h7-8,10,13,20-21,24,28,30-31H,3-6,9,11-12,14-19H2,1-2H3. The van der Waals surface area contributed by atoms with Crippen molar-refractivity contribution in [1.29, 1.82) is 0 Å². The normalized spacial score (nSPS) is 24.9. The minimum atomic E-state index is -0.302. The van der Waals surface area contributed by atoms with Crippen molar-refractivity contribution in [3.05, 3.63) is 58.4 Å². The van der Waals surface area contributed by atoms with Gasteiger partial charge in [0.05, 0.1) is 11.6 Å². The van der Waals surface area contributed by atoms with Crippen LogP contribution in [0.15, 0.2) is 52.5 Å². The summed E-state index contributed by atoms with van der Waals surface area (Å²) in [7, 11) is 0. The number of hydrogen-bond acceptors (Lipinski definition) is 7. The van der Waals surface area contributed by atoms with Gasteiger partial charge in [-0.2, -0.15) is 0 Å². The highest BCUT2D eigenvalue weighted by atomic mass is 16.6. The van der Waals surface area contributed by atoms with Gasteiger partial charge in [-0.05, 0) is 44.8 Å². The van der Waals surface area contributed by atoms with Gasteiger partial charge in [0.25, 0.3) is 0 Å². The van der Waals surface area contributed by atoms with Gasteiger partial charge in [-0.25, -0.2) is 0 Å². The van der Waals surface area contributed by atoms with Crippen LogP contribution in [0.4, 0.5) is 0 Å². The molecule has 200 valence electrons. The number of carbonyl (C=O) groups is 1. The van der Waals surface area contributed by atoms with E-state index in [2.05, 4.69) is 33.3 Å². The van der Waals surface area contributed by atoms with E-state index in [0.717, 1.165) is 87.4 Å². The van der Waals surface area contributed by atoms with Crippen molar-refractivity contribution in [2.24, 2.45) is 11.1 Å². The summed E-state index contributed by atoms with van der Waals surface area (Å²) in [4.78, 5) is 23.2. The van der Waals surface area contributed by atoms with E-state index in [4.69, 9.17) is 9.57 Å². The molecule has 4 aliphatic rings. The molecule has 2 unspecified atom stereocenters. The maximum Gasteiger partial charge on any atom is 0.165 e. The second-order valence-corrected chi connectivity index (χ2v) is 10.6. The van der Waals surface area contributed by atoms with Crippen LogP contribution in [-0.4, -0.2) is 73.8 Å². The van der Waals surface area contributed by atoms with E-state index in [-0.39, 0.29) is 12.0 Å². The number of oxime groups is 1. The fourth-order valence-electron chi connectivity index (χ4n) is 6.38. The minimum absolute atomic E-state index is 0.0214. The number of ether oxygens (including phenoxy) is 1. The molecule has 1 saturated carbocycles. The Hall–Kier alpha value is -2.64. The quantitative estimate of drug-likeness (QED) is 0.367. The average Bonchev–Trinajstić information content (AvgIpc) is 3.40. The Labute approximate surface area is 221 Å². The molecule has 37 heavy (non-hydrogen) atoms. The van der Waals surface area contributed by atoms with E-state index in [1.54, 1.807) is 0 Å². The van der Waals surface area contributed by atoms with Gasteiger partial charge in [0.1, 0.15) is 12.0 Å². The van der Waals surface area contributed by atoms with Crippen molar-refractivity contribution in [1.82, 2.24) is 15.1 Å². The van der Waals surface area contributed by atoms with Crippen molar-refractivity contribution in [2.75, 3.05) is 45.9 Å². The molecule has 2 atom stereocenters. The number of rotatable bonds is 10. The van der Waals surface area contributed by atoms with E-state index in [1.807, 2.05) is 31.2 Å². The van der Waals surface area contributed by atoms with Crippen LogP contribution in [0.1, 0.15) is 74.4 Å². The van der Waals surface area contributed by atoms with Crippen molar-refractivity contribution >= 4 is 12.0 Å². The summed E-state index contributed by atoms with van der Waals surface area (Å²) >= 11 is 0. The van der Waals surface area contributed by atoms with Crippen LogP contribution < -0.4 is 5.32 Å². The van der Waals surface area contributed by atoms with Crippen LogP contribution in [0.5, 0.6) is 0 Å². The number of nitrogens with one attached hydrogen (secondary N) is 1. The van der Waals surface area contributed by atoms with Gasteiger partial charge in [0.15, 0.2) is 6.10 Å². The highest BCUT2D eigenvalue weighted by Gasteiger charge is 2.44. The van der Waals surface area contributed by atoms with Gasteiger partial charge < -0.3 is 19.8 Å². The molecule has 0 bridgehead atoms. The zero-order valence-corrected chi connectivity index (χ0v) is 22.5. The number of allylic oxidation sites excluding steroid dienone is 2. The third-order valence-corrected chi connectivity index (χ3v) is 8.46. The number of fused-ring (bicyclic) bond motifs is 1. The van der Waals surface area contributed by atoms with Crippen LogP contribution >= 0.6 is 0 Å². The third kappa shape index (κ3) is 5.63. The zero-order chi connectivity index (χ0) is 25.6. The molecule has 0 amide bonds. The maximum absolute atomic E-state index is 11.8. The Bertz CT molecular complexity index is 1040. The van der Waals surface area contributed by atoms with E-state index in [9.17, 15) is 4.79 Å². The van der Waals surface area contributed by atoms with Gasteiger partial charge in [-0.15, -0.1) is 0 Å². The summed E-state index contributed by atoms with van der Waals surface area (Å²) in [6, 6.07) is 8.48. The first kappa shape index (κ1) is 26.0. The molecule has 7 nitrogen and oxygen atoms in total. The van der Waals surface area contributed by atoms with Crippen molar-refractivity contribution in [3.8, 4) is 0 Å². The Balaban J connectivity index is 1.37. The van der Waals surface area contributed by atoms with Crippen molar-refractivity contribution in [3.63, 3.8) is 0 Å². The molecule has 0 radical (unpaired) electrons. The van der Waals surface area contributed by atoms with E-state index < -0.39 is 0 Å². The van der Waals surface area contributed by atoms with Gasteiger partial charge >= 0.3 is 0 Å². The molecular formula is C30H42N4O3. The number of piperazine rings is 1. The van der Waals surface area contributed by atoms with Crippen LogP contribution in [0, 0.1) is 5.92 Å². The Morgan fingerprint density at radius 2 is 1.92 bits per heavy atom. The summed E-state index contributed by atoms with van der Waals surface area (Å²) in [6.07, 6.45) is 10.7. The highest BCUT2D eigenvalue weighted by molar-refractivity contribution is 6.05. The lowest BCUT2D eigenvalue weighted by Crippen LogP contribution is -2.51. The Kier molecular flexibility index (Phi) is 8.62. The lowest BCUT2D eigenvalue weighted by Gasteiger charge is -2.43. The fourth-order valence-corrected chi connectivity index (χ4v) is 6.38. The Morgan fingerprint density at radius 1 is 1.14 bits per heavy atom. The third-order valence-electron chi connectivity index (χ3n) is 8.46. The van der Waals surface area contributed by atoms with Crippen LogP contribution in [0.25, 0.3) is 0 Å². The number of aldehydes is 1. The molecule has 1 aromatic rings. The molecule has 1 saturated heterocycles. The largest absolute Gasteiger partial charge is 0.386 e. The predicted molar refractivity (Wildman–Crippen MR) is 146 cm³/mol. The molecule has 2 heterocycles. The molecule has 1 aromatic carbocycles. The lowest BCUT2D eigenvalue weighted by molar-refractivity contribution is 0.0675. The van der Waals surface area contributed by atoms with E-state index >= 15 is 0 Å². The molecule has 2 fully saturated rings.